The van der Waals surface area contributed by atoms with Crippen LogP contribution in [-0.2, 0) is 13.6 Å². The fourth-order valence-corrected chi connectivity index (χ4v) is 2.80. The number of hydrogen-bond acceptors (Lipinski definition) is 5. The van der Waals surface area contributed by atoms with Crippen LogP contribution in [0.1, 0.15) is 19.4 Å². The van der Waals surface area contributed by atoms with E-state index < -0.39 is 11.2 Å². The number of nitrogens with one attached hydrogen (secondary N) is 2. The third-order valence-electron chi connectivity index (χ3n) is 4.15. The summed E-state index contributed by atoms with van der Waals surface area (Å²) in [6.45, 7) is 3.84. The zero-order valence-electron chi connectivity index (χ0n) is 15.5. The van der Waals surface area contributed by atoms with Crippen molar-refractivity contribution in [3.63, 3.8) is 0 Å². The lowest BCUT2D eigenvalue weighted by molar-refractivity contribution is 0.818. The van der Waals surface area contributed by atoms with Crippen LogP contribution in [0.5, 0.6) is 0 Å². The van der Waals surface area contributed by atoms with Crippen LogP contribution in [0.3, 0.4) is 0 Å². The number of aromatic amines is 1. The van der Waals surface area contributed by atoms with Crippen LogP contribution < -0.4 is 16.7 Å². The van der Waals surface area contributed by atoms with E-state index in [4.69, 9.17) is 23.2 Å². The van der Waals surface area contributed by atoms with Gasteiger partial charge in [-0.15, -0.1) is 0 Å². The fourth-order valence-electron chi connectivity index (χ4n) is 2.60. The van der Waals surface area contributed by atoms with Gasteiger partial charge in [-0.05, 0) is 31.5 Å². The molecule has 2 N–H and O–H groups in total. The third kappa shape index (κ3) is 4.02. The Balaban J connectivity index is 2.09. The molecular formula is C18H18Cl2N6O2. The van der Waals surface area contributed by atoms with Crippen LogP contribution in [0.15, 0.2) is 50.1 Å². The minimum Gasteiger partial charge on any atom is -0.299 e. The van der Waals surface area contributed by atoms with E-state index in [9.17, 15) is 9.59 Å². The van der Waals surface area contributed by atoms with E-state index in [2.05, 4.69) is 20.5 Å². The number of halogens is 2. The molecule has 8 nitrogen and oxygen atoms in total. The van der Waals surface area contributed by atoms with Crippen molar-refractivity contribution in [3.8, 4) is 0 Å². The van der Waals surface area contributed by atoms with Gasteiger partial charge < -0.3 is 0 Å². The van der Waals surface area contributed by atoms with Crippen molar-refractivity contribution < 1.29 is 0 Å². The zero-order chi connectivity index (χ0) is 20.4. The van der Waals surface area contributed by atoms with Gasteiger partial charge in [-0.3, -0.25) is 18.9 Å². The van der Waals surface area contributed by atoms with E-state index in [0.29, 0.717) is 21.7 Å². The fraction of sp³-hybridized carbons (Fsp3) is 0.222. The van der Waals surface area contributed by atoms with Gasteiger partial charge in [0.05, 0.1) is 5.71 Å². The second-order valence-electron chi connectivity index (χ2n) is 6.14. The normalized spacial score (nSPS) is 12.6. The predicted octanol–water partition coefficient (Wildman–Crippen LogP) is 3.06. The van der Waals surface area contributed by atoms with Crippen molar-refractivity contribution in [2.24, 2.45) is 12.1 Å². The molecule has 2 aromatic heterocycles. The van der Waals surface area contributed by atoms with Gasteiger partial charge in [0.15, 0.2) is 11.2 Å². The first kappa shape index (κ1) is 19.9. The Labute approximate surface area is 170 Å². The zero-order valence-corrected chi connectivity index (χ0v) is 17.0. The number of allylic oxidation sites excluding steroid dienone is 2. The standard InChI is InChI=1S/C18H18Cl2N6O2/c1-10(19)8-9-26-14-15(25(3)18(28)22-16(14)27)21-17(26)24-23-11(2)12-4-6-13(20)7-5-12/h4-8H,9H2,1-3H3,(H,21,24)(H,22,27,28)/b10-8+,23-11?. The molecule has 3 aromatic rings. The van der Waals surface area contributed by atoms with E-state index >= 15 is 0 Å². The van der Waals surface area contributed by atoms with Gasteiger partial charge in [-0.2, -0.15) is 10.1 Å². The van der Waals surface area contributed by atoms with Gasteiger partial charge in [0.1, 0.15) is 0 Å². The van der Waals surface area contributed by atoms with Crippen LogP contribution in [0.2, 0.25) is 5.02 Å². The number of anilines is 1. The molecule has 2 heterocycles. The molecule has 0 aliphatic carbocycles. The molecule has 146 valence electrons. The summed E-state index contributed by atoms with van der Waals surface area (Å²) >= 11 is 11.9. The lowest BCUT2D eigenvalue weighted by Crippen LogP contribution is -2.29. The maximum Gasteiger partial charge on any atom is 0.329 e. The molecule has 0 fully saturated rings. The molecule has 0 amide bonds. The number of hydrazone groups is 1. The second-order valence-corrected chi connectivity index (χ2v) is 7.18. The first-order chi connectivity index (χ1) is 13.3. The number of H-pyrrole nitrogens is 1. The van der Waals surface area contributed by atoms with Crippen LogP contribution in [0.25, 0.3) is 11.2 Å². The summed E-state index contributed by atoms with van der Waals surface area (Å²) in [7, 11) is 1.53. The van der Waals surface area contributed by atoms with Gasteiger partial charge in [0.2, 0.25) is 5.95 Å². The average Bonchev–Trinajstić information content (AvgIpc) is 3.02. The number of fused-ring (bicyclic) bond motifs is 1. The molecule has 0 saturated heterocycles. The van der Waals surface area contributed by atoms with Crippen LogP contribution >= 0.6 is 23.2 Å². The molecule has 1 aromatic carbocycles. The number of rotatable bonds is 5. The van der Waals surface area contributed by atoms with Crippen LogP contribution in [0.4, 0.5) is 5.95 Å². The summed E-state index contributed by atoms with van der Waals surface area (Å²) < 4.78 is 2.88. The van der Waals surface area contributed by atoms with Gasteiger partial charge in [0, 0.05) is 23.6 Å². The quantitative estimate of drug-likeness (QED) is 0.489. The highest BCUT2D eigenvalue weighted by atomic mass is 35.5. The summed E-state index contributed by atoms with van der Waals surface area (Å²) in [5, 5.41) is 5.54. The number of aromatic nitrogens is 4. The maximum absolute atomic E-state index is 12.4. The highest BCUT2D eigenvalue weighted by Gasteiger charge is 2.16. The average molecular weight is 421 g/mol. The molecular weight excluding hydrogens is 403 g/mol. The molecule has 0 atom stereocenters. The predicted molar refractivity (Wildman–Crippen MR) is 112 cm³/mol. The van der Waals surface area contributed by atoms with E-state index in [1.807, 2.05) is 19.1 Å². The lowest BCUT2D eigenvalue weighted by Gasteiger charge is -2.07. The van der Waals surface area contributed by atoms with E-state index in [1.165, 1.54) is 11.6 Å². The minimum atomic E-state index is -0.543. The SMILES string of the molecule is CC(=NNc1nc2c(c(=O)[nH]c(=O)n2C)n1C/C=C(\C)Cl)c1ccc(Cl)cc1. The summed E-state index contributed by atoms with van der Waals surface area (Å²) in [4.78, 5) is 30.9. The lowest BCUT2D eigenvalue weighted by atomic mass is 10.1. The Hall–Kier alpha value is -2.84. The van der Waals surface area contributed by atoms with Gasteiger partial charge in [-0.25, -0.2) is 10.2 Å². The van der Waals surface area contributed by atoms with Crippen molar-refractivity contribution in [3.05, 3.63) is 66.8 Å². The summed E-state index contributed by atoms with van der Waals surface area (Å²) in [5.41, 5.74) is 3.87. The summed E-state index contributed by atoms with van der Waals surface area (Å²) in [5.74, 6) is 0.309. The van der Waals surface area contributed by atoms with Crippen molar-refractivity contribution in [2.75, 3.05) is 5.43 Å². The van der Waals surface area contributed by atoms with Crippen molar-refractivity contribution in [1.82, 2.24) is 19.1 Å². The third-order valence-corrected chi connectivity index (χ3v) is 4.55. The molecule has 0 aliphatic rings. The molecule has 0 saturated carbocycles. The molecule has 0 bridgehead atoms. The molecule has 28 heavy (non-hydrogen) atoms. The van der Waals surface area contributed by atoms with Gasteiger partial charge >= 0.3 is 5.69 Å². The maximum atomic E-state index is 12.4. The summed E-state index contributed by atoms with van der Waals surface area (Å²) in [6, 6.07) is 7.24. The molecule has 0 spiro atoms. The van der Waals surface area contributed by atoms with Gasteiger partial charge in [-0.1, -0.05) is 41.4 Å². The monoisotopic (exact) mass is 420 g/mol. The number of benzene rings is 1. The van der Waals surface area contributed by atoms with Gasteiger partial charge in [0.25, 0.3) is 5.56 Å². The number of hydrogen-bond donors (Lipinski definition) is 2. The molecule has 0 radical (unpaired) electrons. The largest absolute Gasteiger partial charge is 0.329 e. The van der Waals surface area contributed by atoms with Crippen LogP contribution in [-0.4, -0.2) is 24.8 Å². The summed E-state index contributed by atoms with van der Waals surface area (Å²) in [6.07, 6.45) is 1.73. The highest BCUT2D eigenvalue weighted by molar-refractivity contribution is 6.30. The smallest absolute Gasteiger partial charge is 0.299 e. The highest BCUT2D eigenvalue weighted by Crippen LogP contribution is 2.17. The second kappa shape index (κ2) is 8.04. The topological polar surface area (TPSA) is 97.1 Å². The molecule has 0 aliphatic heterocycles. The molecule has 0 unspecified atom stereocenters. The first-order valence-electron chi connectivity index (χ1n) is 8.36. The van der Waals surface area contributed by atoms with E-state index in [1.54, 1.807) is 29.7 Å². The number of imidazole rings is 1. The van der Waals surface area contributed by atoms with Crippen LogP contribution in [0, 0.1) is 0 Å². The van der Waals surface area contributed by atoms with Crippen molar-refractivity contribution in [1.29, 1.82) is 0 Å². The Kier molecular flexibility index (Phi) is 5.71. The number of nitrogens with zero attached hydrogens (tertiary/aromatic N) is 4. The molecule has 10 heteroatoms. The minimum absolute atomic E-state index is 0.247. The van der Waals surface area contributed by atoms with E-state index in [-0.39, 0.29) is 17.7 Å². The Bertz CT molecular complexity index is 1200. The Morgan fingerprint density at radius 1 is 1.29 bits per heavy atom. The first-order valence-corrected chi connectivity index (χ1v) is 9.11. The van der Waals surface area contributed by atoms with Crippen molar-refractivity contribution >= 4 is 46.0 Å². The molecule has 3 rings (SSSR count). The Morgan fingerprint density at radius 3 is 2.61 bits per heavy atom. The van der Waals surface area contributed by atoms with Crippen molar-refractivity contribution in [2.45, 2.75) is 20.4 Å². The number of aryl methyl sites for hydroxylation is 1. The Morgan fingerprint density at radius 2 is 1.96 bits per heavy atom. The van der Waals surface area contributed by atoms with E-state index in [0.717, 1.165) is 5.56 Å².